The summed E-state index contributed by atoms with van der Waals surface area (Å²) in [6, 6.07) is 0. The number of rotatable bonds is 0. The van der Waals surface area contributed by atoms with Crippen molar-refractivity contribution in [3.8, 4) is 0 Å². The summed E-state index contributed by atoms with van der Waals surface area (Å²) in [6.45, 7) is 0.934. The summed E-state index contributed by atoms with van der Waals surface area (Å²) in [6.07, 6.45) is 0.668. The van der Waals surface area contributed by atoms with Crippen LogP contribution in [0.4, 0.5) is 0 Å². The number of amides is 1. The maximum absolute atomic E-state index is 11.2. The van der Waals surface area contributed by atoms with E-state index in [0.717, 1.165) is 0 Å². The van der Waals surface area contributed by atoms with E-state index in [1.165, 1.54) is 0 Å². The van der Waals surface area contributed by atoms with Gasteiger partial charge < -0.3 is 10.1 Å². The van der Waals surface area contributed by atoms with Gasteiger partial charge in [0, 0.05) is 13.0 Å². The molecule has 2 aliphatic rings. The SMILES string of the molecule is O=C1CC(=O)[C@]2(CCOC2)N1. The zero-order valence-electron chi connectivity index (χ0n) is 6.05. The van der Waals surface area contributed by atoms with E-state index in [1.807, 2.05) is 0 Å². The third kappa shape index (κ3) is 0.860. The zero-order valence-corrected chi connectivity index (χ0v) is 6.05. The molecule has 0 aromatic carbocycles. The summed E-state index contributed by atoms with van der Waals surface area (Å²) in [7, 11) is 0. The van der Waals surface area contributed by atoms with Crippen LogP contribution in [-0.2, 0) is 14.3 Å². The van der Waals surface area contributed by atoms with Crippen molar-refractivity contribution in [1.82, 2.24) is 5.32 Å². The van der Waals surface area contributed by atoms with Crippen molar-refractivity contribution in [2.75, 3.05) is 13.2 Å². The highest BCUT2D eigenvalue weighted by molar-refractivity contribution is 6.10. The van der Waals surface area contributed by atoms with Gasteiger partial charge in [-0.2, -0.15) is 0 Å². The monoisotopic (exact) mass is 155 g/mol. The second-order valence-electron chi connectivity index (χ2n) is 3.03. The summed E-state index contributed by atoms with van der Waals surface area (Å²) < 4.78 is 5.07. The number of ether oxygens (including phenoxy) is 1. The molecule has 2 rings (SSSR count). The van der Waals surface area contributed by atoms with Gasteiger partial charge in [-0.15, -0.1) is 0 Å². The topological polar surface area (TPSA) is 55.4 Å². The molecule has 2 heterocycles. The molecule has 0 bridgehead atoms. The average Bonchev–Trinajstić information content (AvgIpc) is 2.45. The lowest BCUT2D eigenvalue weighted by atomic mass is 9.96. The predicted octanol–water partition coefficient (Wildman–Crippen LogP) is -0.766. The molecule has 2 saturated heterocycles. The first-order valence-electron chi connectivity index (χ1n) is 3.65. The van der Waals surface area contributed by atoms with Crippen LogP contribution in [0, 0.1) is 0 Å². The third-order valence-corrected chi connectivity index (χ3v) is 2.26. The van der Waals surface area contributed by atoms with Gasteiger partial charge in [-0.1, -0.05) is 0 Å². The average molecular weight is 155 g/mol. The number of Topliss-reactive ketones (excluding diaryl/α,β-unsaturated/α-hetero) is 1. The summed E-state index contributed by atoms with van der Waals surface area (Å²) in [5.74, 6) is -0.180. The highest BCUT2D eigenvalue weighted by Gasteiger charge is 2.48. The first kappa shape index (κ1) is 6.79. The van der Waals surface area contributed by atoms with Crippen molar-refractivity contribution in [3.63, 3.8) is 0 Å². The van der Waals surface area contributed by atoms with Crippen LogP contribution in [-0.4, -0.2) is 30.4 Å². The van der Waals surface area contributed by atoms with Gasteiger partial charge in [-0.05, 0) is 0 Å². The summed E-state index contributed by atoms with van der Waals surface area (Å²) in [4.78, 5) is 22.1. The van der Waals surface area contributed by atoms with E-state index in [-0.39, 0.29) is 18.1 Å². The lowest BCUT2D eigenvalue weighted by Gasteiger charge is -2.17. The summed E-state index contributed by atoms with van der Waals surface area (Å²) in [5, 5.41) is 2.67. The Morgan fingerprint density at radius 1 is 1.45 bits per heavy atom. The van der Waals surface area contributed by atoms with Crippen molar-refractivity contribution in [3.05, 3.63) is 0 Å². The smallest absolute Gasteiger partial charge is 0.228 e. The molecule has 1 atom stereocenters. The Balaban J connectivity index is 2.24. The Kier molecular flexibility index (Phi) is 1.26. The fourth-order valence-corrected chi connectivity index (χ4v) is 1.58. The van der Waals surface area contributed by atoms with Crippen LogP contribution in [0.3, 0.4) is 0 Å². The Morgan fingerprint density at radius 2 is 2.27 bits per heavy atom. The second kappa shape index (κ2) is 2.04. The molecule has 1 spiro atoms. The maximum Gasteiger partial charge on any atom is 0.228 e. The van der Waals surface area contributed by atoms with Crippen LogP contribution in [0.5, 0.6) is 0 Å². The van der Waals surface area contributed by atoms with Gasteiger partial charge in [-0.25, -0.2) is 0 Å². The first-order chi connectivity index (χ1) is 5.23. The molecule has 60 valence electrons. The first-order valence-corrected chi connectivity index (χ1v) is 3.65. The van der Waals surface area contributed by atoms with E-state index >= 15 is 0 Å². The van der Waals surface area contributed by atoms with Gasteiger partial charge in [0.05, 0.1) is 13.0 Å². The number of hydrogen-bond acceptors (Lipinski definition) is 3. The number of ketones is 1. The maximum atomic E-state index is 11.2. The molecule has 2 aliphatic heterocycles. The number of nitrogens with one attached hydrogen (secondary N) is 1. The van der Waals surface area contributed by atoms with Crippen LogP contribution >= 0.6 is 0 Å². The van der Waals surface area contributed by atoms with Crippen LogP contribution in [0.2, 0.25) is 0 Å². The van der Waals surface area contributed by atoms with E-state index in [4.69, 9.17) is 4.74 Å². The normalized spacial score (nSPS) is 36.7. The largest absolute Gasteiger partial charge is 0.378 e. The Bertz CT molecular complexity index is 218. The third-order valence-electron chi connectivity index (χ3n) is 2.26. The Hall–Kier alpha value is -0.900. The highest BCUT2D eigenvalue weighted by Crippen LogP contribution is 2.25. The van der Waals surface area contributed by atoms with Gasteiger partial charge in [-0.3, -0.25) is 9.59 Å². The Labute approximate surface area is 63.9 Å². The molecule has 0 radical (unpaired) electrons. The zero-order chi connectivity index (χ0) is 7.90. The van der Waals surface area contributed by atoms with Crippen molar-refractivity contribution < 1.29 is 14.3 Å². The summed E-state index contributed by atoms with van der Waals surface area (Å²) in [5.41, 5.74) is -0.642. The molecule has 1 N–H and O–H groups in total. The fourth-order valence-electron chi connectivity index (χ4n) is 1.58. The molecule has 4 heteroatoms. The molecule has 0 aliphatic carbocycles. The van der Waals surface area contributed by atoms with Crippen LogP contribution in [0.25, 0.3) is 0 Å². The van der Waals surface area contributed by atoms with Gasteiger partial charge in [0.1, 0.15) is 5.54 Å². The molecular formula is C7H9NO3. The Morgan fingerprint density at radius 3 is 2.73 bits per heavy atom. The quantitative estimate of drug-likeness (QED) is 0.467. The molecular weight excluding hydrogens is 146 g/mol. The van der Waals surface area contributed by atoms with Crippen molar-refractivity contribution >= 4 is 11.7 Å². The minimum absolute atomic E-state index is 0.0139. The number of carbonyl (C=O) groups excluding carboxylic acids is 2. The lowest BCUT2D eigenvalue weighted by Crippen LogP contribution is -2.46. The van der Waals surface area contributed by atoms with E-state index in [9.17, 15) is 9.59 Å². The highest BCUT2D eigenvalue weighted by atomic mass is 16.5. The van der Waals surface area contributed by atoms with Crippen LogP contribution < -0.4 is 5.32 Å². The molecule has 0 aromatic heterocycles. The number of carbonyl (C=O) groups is 2. The van der Waals surface area contributed by atoms with Crippen molar-refractivity contribution in [2.45, 2.75) is 18.4 Å². The van der Waals surface area contributed by atoms with Crippen LogP contribution in [0.1, 0.15) is 12.8 Å². The molecule has 0 aromatic rings. The molecule has 4 nitrogen and oxygen atoms in total. The van der Waals surface area contributed by atoms with Gasteiger partial charge >= 0.3 is 0 Å². The predicted molar refractivity (Wildman–Crippen MR) is 35.9 cm³/mol. The standard InChI is InChI=1S/C7H9NO3/c9-5-3-6(10)8-7(5)1-2-11-4-7/h1-4H2,(H,8,10)/t7-/m1/s1. The summed E-state index contributed by atoms with van der Waals surface area (Å²) >= 11 is 0. The lowest BCUT2D eigenvalue weighted by molar-refractivity contribution is -0.123. The second-order valence-corrected chi connectivity index (χ2v) is 3.03. The number of hydrogen-bond donors (Lipinski definition) is 1. The van der Waals surface area contributed by atoms with Gasteiger partial charge in [0.25, 0.3) is 0 Å². The van der Waals surface area contributed by atoms with E-state index < -0.39 is 5.54 Å². The molecule has 0 saturated carbocycles. The van der Waals surface area contributed by atoms with Crippen LogP contribution in [0.15, 0.2) is 0 Å². The molecule has 11 heavy (non-hydrogen) atoms. The van der Waals surface area contributed by atoms with Gasteiger partial charge in [0.15, 0.2) is 5.78 Å². The van der Waals surface area contributed by atoms with E-state index in [2.05, 4.69) is 5.32 Å². The molecule has 2 fully saturated rings. The van der Waals surface area contributed by atoms with E-state index in [1.54, 1.807) is 0 Å². The van der Waals surface area contributed by atoms with Crippen molar-refractivity contribution in [2.24, 2.45) is 0 Å². The van der Waals surface area contributed by atoms with E-state index in [0.29, 0.717) is 19.6 Å². The van der Waals surface area contributed by atoms with Gasteiger partial charge in [0.2, 0.25) is 5.91 Å². The minimum atomic E-state index is -0.642. The minimum Gasteiger partial charge on any atom is -0.378 e. The molecule has 1 amide bonds. The molecule has 0 unspecified atom stereocenters. The fraction of sp³-hybridized carbons (Fsp3) is 0.714. The van der Waals surface area contributed by atoms with Crippen molar-refractivity contribution in [1.29, 1.82) is 0 Å².